The van der Waals surface area contributed by atoms with E-state index < -0.39 is 12.1 Å². The Bertz CT molecular complexity index is 949. The molecule has 0 aliphatic heterocycles. The SMILES string of the molecule is Cc1cc(-c2noc(C(F)(F)F)n2)cc(C)c1OCCCc1ccc(CCl)nc1. The third-order valence-electron chi connectivity index (χ3n) is 4.27. The zero-order valence-corrected chi connectivity index (χ0v) is 16.6. The number of aryl methyl sites for hydroxylation is 3. The van der Waals surface area contributed by atoms with Crippen LogP contribution in [-0.4, -0.2) is 21.7 Å². The monoisotopic (exact) mass is 425 g/mol. The van der Waals surface area contributed by atoms with E-state index in [1.165, 1.54) is 0 Å². The van der Waals surface area contributed by atoms with E-state index in [0.29, 0.717) is 23.8 Å². The Kier molecular flexibility index (Phi) is 6.42. The molecule has 0 atom stereocenters. The molecule has 2 aromatic heterocycles. The smallest absolute Gasteiger partial charge is 0.471 e. The fourth-order valence-corrected chi connectivity index (χ4v) is 3.05. The van der Waals surface area contributed by atoms with Crippen LogP contribution in [0.2, 0.25) is 0 Å². The van der Waals surface area contributed by atoms with Crippen LogP contribution in [0.5, 0.6) is 5.75 Å². The van der Waals surface area contributed by atoms with Gasteiger partial charge < -0.3 is 9.26 Å². The number of nitrogens with zero attached hydrogens (tertiary/aromatic N) is 3. The quantitative estimate of drug-likeness (QED) is 0.368. The zero-order valence-electron chi connectivity index (χ0n) is 15.9. The average Bonchev–Trinajstić information content (AvgIpc) is 3.18. The van der Waals surface area contributed by atoms with Crippen molar-refractivity contribution in [3.8, 4) is 17.1 Å². The second-order valence-corrected chi connectivity index (χ2v) is 6.87. The van der Waals surface area contributed by atoms with E-state index in [2.05, 4.69) is 19.6 Å². The summed E-state index contributed by atoms with van der Waals surface area (Å²) in [5.41, 5.74) is 3.95. The average molecular weight is 426 g/mol. The van der Waals surface area contributed by atoms with Gasteiger partial charge in [0.2, 0.25) is 5.82 Å². The summed E-state index contributed by atoms with van der Waals surface area (Å²) in [7, 11) is 0. The van der Waals surface area contributed by atoms with Crippen molar-refractivity contribution >= 4 is 11.6 Å². The van der Waals surface area contributed by atoms with Crippen molar-refractivity contribution in [1.29, 1.82) is 0 Å². The number of alkyl halides is 4. The van der Waals surface area contributed by atoms with Gasteiger partial charge in [0.1, 0.15) is 5.75 Å². The number of halogens is 4. The molecule has 0 unspecified atom stereocenters. The van der Waals surface area contributed by atoms with Crippen LogP contribution in [0, 0.1) is 13.8 Å². The van der Waals surface area contributed by atoms with Gasteiger partial charge in [-0.15, -0.1) is 11.6 Å². The molecule has 0 spiro atoms. The molecule has 3 aromatic rings. The van der Waals surface area contributed by atoms with Gasteiger partial charge in [0.25, 0.3) is 0 Å². The molecule has 0 bridgehead atoms. The summed E-state index contributed by atoms with van der Waals surface area (Å²) >= 11 is 5.73. The summed E-state index contributed by atoms with van der Waals surface area (Å²) in [6.07, 6.45) is -1.25. The lowest BCUT2D eigenvalue weighted by Gasteiger charge is -2.13. The predicted octanol–water partition coefficient (Wildman–Crippen LogP) is 5.52. The molecule has 9 heteroatoms. The molecule has 0 aliphatic carbocycles. The fourth-order valence-electron chi connectivity index (χ4n) is 2.90. The van der Waals surface area contributed by atoms with Crippen LogP contribution in [0.25, 0.3) is 11.4 Å². The minimum Gasteiger partial charge on any atom is -0.493 e. The summed E-state index contributed by atoms with van der Waals surface area (Å²) in [4.78, 5) is 7.68. The van der Waals surface area contributed by atoms with Crippen molar-refractivity contribution in [2.75, 3.05) is 6.61 Å². The van der Waals surface area contributed by atoms with Crippen LogP contribution in [0.1, 0.15) is 34.7 Å². The summed E-state index contributed by atoms with van der Waals surface area (Å²) in [5.74, 6) is -0.386. The van der Waals surface area contributed by atoms with Gasteiger partial charge >= 0.3 is 12.1 Å². The zero-order chi connectivity index (χ0) is 21.0. The normalized spacial score (nSPS) is 11.7. The van der Waals surface area contributed by atoms with Gasteiger partial charge in [-0.05, 0) is 61.6 Å². The lowest BCUT2D eigenvalue weighted by Crippen LogP contribution is -2.05. The predicted molar refractivity (Wildman–Crippen MR) is 102 cm³/mol. The van der Waals surface area contributed by atoms with Crippen LogP contribution in [0.15, 0.2) is 35.0 Å². The van der Waals surface area contributed by atoms with E-state index in [0.717, 1.165) is 35.2 Å². The standard InChI is InChI=1S/C20H19ClF3N3O2/c1-12-8-15(18-26-19(29-27-18)20(22,23)24)9-13(2)17(12)28-7-3-4-14-5-6-16(10-21)25-11-14/h5-6,8-9,11H,3-4,7,10H2,1-2H3. The summed E-state index contributed by atoms with van der Waals surface area (Å²) in [6, 6.07) is 7.26. The first-order valence-electron chi connectivity index (χ1n) is 8.93. The second kappa shape index (κ2) is 8.82. The summed E-state index contributed by atoms with van der Waals surface area (Å²) < 4.78 is 48.1. The highest BCUT2D eigenvalue weighted by molar-refractivity contribution is 6.16. The Morgan fingerprint density at radius 2 is 1.86 bits per heavy atom. The van der Waals surface area contributed by atoms with E-state index >= 15 is 0 Å². The van der Waals surface area contributed by atoms with Crippen LogP contribution in [0.4, 0.5) is 13.2 Å². The molecule has 0 fully saturated rings. The molecule has 29 heavy (non-hydrogen) atoms. The lowest BCUT2D eigenvalue weighted by molar-refractivity contribution is -0.159. The number of hydrogen-bond donors (Lipinski definition) is 0. The van der Waals surface area contributed by atoms with Crippen molar-refractivity contribution in [2.24, 2.45) is 0 Å². The minimum atomic E-state index is -4.67. The first-order chi connectivity index (χ1) is 13.8. The van der Waals surface area contributed by atoms with Crippen molar-refractivity contribution in [3.63, 3.8) is 0 Å². The van der Waals surface area contributed by atoms with Crippen LogP contribution < -0.4 is 4.74 Å². The summed E-state index contributed by atoms with van der Waals surface area (Å²) in [5, 5.41) is 3.42. The Balaban J connectivity index is 1.62. The molecule has 2 heterocycles. The van der Waals surface area contributed by atoms with Crippen molar-refractivity contribution in [1.82, 2.24) is 15.1 Å². The van der Waals surface area contributed by atoms with Crippen LogP contribution in [0.3, 0.4) is 0 Å². The molecule has 0 amide bonds. The molecule has 154 valence electrons. The molecule has 5 nitrogen and oxygen atoms in total. The van der Waals surface area contributed by atoms with Gasteiger partial charge in [-0.2, -0.15) is 18.2 Å². The molecule has 0 saturated heterocycles. The van der Waals surface area contributed by atoms with E-state index in [9.17, 15) is 13.2 Å². The van der Waals surface area contributed by atoms with Gasteiger partial charge in [-0.1, -0.05) is 11.2 Å². The number of ether oxygens (including phenoxy) is 1. The van der Waals surface area contributed by atoms with Gasteiger partial charge in [-0.3, -0.25) is 4.98 Å². The molecule has 0 saturated carbocycles. The maximum atomic E-state index is 12.6. The van der Waals surface area contributed by atoms with Gasteiger partial charge in [0, 0.05) is 11.8 Å². The first kappa shape index (κ1) is 21.1. The molecule has 1 aromatic carbocycles. The van der Waals surface area contributed by atoms with Crippen molar-refractivity contribution in [3.05, 3.63) is 58.7 Å². The van der Waals surface area contributed by atoms with Crippen LogP contribution >= 0.6 is 11.6 Å². The molecular formula is C20H19ClF3N3O2. The highest BCUT2D eigenvalue weighted by Crippen LogP contribution is 2.32. The highest BCUT2D eigenvalue weighted by atomic mass is 35.5. The van der Waals surface area contributed by atoms with E-state index in [-0.39, 0.29) is 5.82 Å². The Morgan fingerprint density at radius 3 is 2.41 bits per heavy atom. The van der Waals surface area contributed by atoms with Crippen LogP contribution in [-0.2, 0) is 18.5 Å². The van der Waals surface area contributed by atoms with E-state index in [4.69, 9.17) is 16.3 Å². The number of aromatic nitrogens is 3. The maximum absolute atomic E-state index is 12.6. The van der Waals surface area contributed by atoms with Crippen molar-refractivity contribution in [2.45, 2.75) is 38.7 Å². The fraction of sp³-hybridized carbons (Fsp3) is 0.350. The molecule has 3 rings (SSSR count). The first-order valence-corrected chi connectivity index (χ1v) is 9.46. The highest BCUT2D eigenvalue weighted by Gasteiger charge is 2.38. The molecule has 0 N–H and O–H groups in total. The minimum absolute atomic E-state index is 0.108. The van der Waals surface area contributed by atoms with E-state index in [1.807, 2.05) is 32.2 Å². The Morgan fingerprint density at radius 1 is 1.14 bits per heavy atom. The Labute approximate surface area is 170 Å². The molecule has 0 radical (unpaired) electrons. The third kappa shape index (κ3) is 5.26. The van der Waals surface area contributed by atoms with Gasteiger partial charge in [-0.25, -0.2) is 0 Å². The van der Waals surface area contributed by atoms with Crippen molar-refractivity contribution < 1.29 is 22.4 Å². The number of pyridine rings is 1. The largest absolute Gasteiger partial charge is 0.493 e. The topological polar surface area (TPSA) is 61.0 Å². The third-order valence-corrected chi connectivity index (χ3v) is 4.54. The number of benzene rings is 1. The maximum Gasteiger partial charge on any atom is 0.471 e. The Hall–Kier alpha value is -2.61. The molecular weight excluding hydrogens is 407 g/mol. The second-order valence-electron chi connectivity index (χ2n) is 6.60. The number of hydrogen-bond acceptors (Lipinski definition) is 5. The summed E-state index contributed by atoms with van der Waals surface area (Å²) in [6.45, 7) is 4.15. The van der Waals surface area contributed by atoms with Gasteiger partial charge in [0.15, 0.2) is 0 Å². The number of rotatable bonds is 7. The molecule has 0 aliphatic rings. The van der Waals surface area contributed by atoms with E-state index in [1.54, 1.807) is 12.1 Å². The van der Waals surface area contributed by atoms with Gasteiger partial charge in [0.05, 0.1) is 18.2 Å². The lowest BCUT2D eigenvalue weighted by atomic mass is 10.1.